The minimum atomic E-state index is -0.316. The Morgan fingerprint density at radius 3 is 2.70 bits per heavy atom. The second-order valence-corrected chi connectivity index (χ2v) is 6.07. The molecule has 1 aromatic heterocycles. The standard InChI is InChI=1S/C15H27N3O2/c1-11-4-6-18(7-5-11)10-14(19)8-16-9-15-12(2)17-20-13(15)3/h11,14,16,19H,4-10H2,1-3H3. The second-order valence-electron chi connectivity index (χ2n) is 6.07. The predicted octanol–water partition coefficient (Wildman–Crippen LogP) is 1.47. The highest BCUT2D eigenvalue weighted by atomic mass is 16.5. The molecule has 20 heavy (non-hydrogen) atoms. The van der Waals surface area contributed by atoms with Crippen LogP contribution in [0.25, 0.3) is 0 Å². The van der Waals surface area contributed by atoms with Crippen LogP contribution >= 0.6 is 0 Å². The maximum absolute atomic E-state index is 10.1. The fraction of sp³-hybridized carbons (Fsp3) is 0.800. The van der Waals surface area contributed by atoms with E-state index in [9.17, 15) is 5.11 Å². The van der Waals surface area contributed by atoms with Crippen molar-refractivity contribution in [1.82, 2.24) is 15.4 Å². The number of aromatic nitrogens is 1. The maximum atomic E-state index is 10.1. The van der Waals surface area contributed by atoms with Crippen LogP contribution in [-0.2, 0) is 6.54 Å². The number of piperidine rings is 1. The third kappa shape index (κ3) is 4.30. The number of hydrogen-bond donors (Lipinski definition) is 2. The van der Waals surface area contributed by atoms with Crippen molar-refractivity contribution < 1.29 is 9.63 Å². The van der Waals surface area contributed by atoms with Crippen molar-refractivity contribution in [3.8, 4) is 0 Å². The van der Waals surface area contributed by atoms with Crippen molar-refractivity contribution in [3.63, 3.8) is 0 Å². The van der Waals surface area contributed by atoms with Gasteiger partial charge < -0.3 is 19.8 Å². The molecule has 0 aromatic carbocycles. The molecule has 0 radical (unpaired) electrons. The van der Waals surface area contributed by atoms with Gasteiger partial charge >= 0.3 is 0 Å². The van der Waals surface area contributed by atoms with Crippen molar-refractivity contribution in [2.24, 2.45) is 5.92 Å². The first-order valence-electron chi connectivity index (χ1n) is 7.59. The summed E-state index contributed by atoms with van der Waals surface area (Å²) < 4.78 is 5.12. The quantitative estimate of drug-likeness (QED) is 0.827. The number of hydrogen-bond acceptors (Lipinski definition) is 5. The normalized spacial score (nSPS) is 19.4. The SMILES string of the molecule is Cc1noc(C)c1CNCC(O)CN1CCC(C)CC1. The van der Waals surface area contributed by atoms with E-state index in [1.165, 1.54) is 12.8 Å². The largest absolute Gasteiger partial charge is 0.390 e. The van der Waals surface area contributed by atoms with Crippen LogP contribution in [0.1, 0.15) is 36.8 Å². The van der Waals surface area contributed by atoms with Gasteiger partial charge in [-0.3, -0.25) is 0 Å². The first-order chi connectivity index (χ1) is 9.56. The number of aliphatic hydroxyl groups excluding tert-OH is 1. The van der Waals surface area contributed by atoms with Crippen LogP contribution in [0.15, 0.2) is 4.52 Å². The van der Waals surface area contributed by atoms with E-state index < -0.39 is 0 Å². The monoisotopic (exact) mass is 281 g/mol. The molecule has 0 amide bonds. The molecule has 5 nitrogen and oxygen atoms in total. The molecule has 2 N–H and O–H groups in total. The van der Waals surface area contributed by atoms with Crippen molar-refractivity contribution in [2.45, 2.75) is 46.3 Å². The fourth-order valence-corrected chi connectivity index (χ4v) is 2.73. The molecule has 1 aliphatic rings. The van der Waals surface area contributed by atoms with Gasteiger partial charge in [0.25, 0.3) is 0 Å². The molecule has 5 heteroatoms. The molecule has 1 saturated heterocycles. The van der Waals surface area contributed by atoms with Gasteiger partial charge in [0.15, 0.2) is 0 Å². The highest BCUT2D eigenvalue weighted by Crippen LogP contribution is 2.16. The molecule has 1 aromatic rings. The van der Waals surface area contributed by atoms with E-state index in [1.807, 2.05) is 13.8 Å². The number of aliphatic hydroxyl groups is 1. The average Bonchev–Trinajstić information content (AvgIpc) is 2.73. The summed E-state index contributed by atoms with van der Waals surface area (Å²) in [5.41, 5.74) is 2.03. The van der Waals surface area contributed by atoms with Gasteiger partial charge in [-0.05, 0) is 45.7 Å². The molecule has 114 valence electrons. The molecule has 0 saturated carbocycles. The first kappa shape index (κ1) is 15.5. The van der Waals surface area contributed by atoms with Crippen LogP contribution in [0.2, 0.25) is 0 Å². The Morgan fingerprint density at radius 2 is 2.10 bits per heavy atom. The lowest BCUT2D eigenvalue weighted by Crippen LogP contribution is -2.41. The molecule has 1 aliphatic heterocycles. The number of likely N-dealkylation sites (tertiary alicyclic amines) is 1. The molecule has 0 spiro atoms. The van der Waals surface area contributed by atoms with E-state index in [0.717, 1.165) is 42.6 Å². The Bertz CT molecular complexity index is 392. The second kappa shape index (κ2) is 7.20. The Balaban J connectivity index is 1.66. The van der Waals surface area contributed by atoms with E-state index >= 15 is 0 Å². The lowest BCUT2D eigenvalue weighted by molar-refractivity contribution is 0.0906. The molecule has 0 bridgehead atoms. The average molecular weight is 281 g/mol. The Labute approximate surface area is 121 Å². The van der Waals surface area contributed by atoms with E-state index in [-0.39, 0.29) is 6.10 Å². The van der Waals surface area contributed by atoms with Gasteiger partial charge in [0.2, 0.25) is 0 Å². The van der Waals surface area contributed by atoms with E-state index in [4.69, 9.17) is 4.52 Å². The Kier molecular flexibility index (Phi) is 5.57. The van der Waals surface area contributed by atoms with Crippen molar-refractivity contribution in [1.29, 1.82) is 0 Å². The fourth-order valence-electron chi connectivity index (χ4n) is 2.73. The van der Waals surface area contributed by atoms with Gasteiger partial charge in [-0.1, -0.05) is 12.1 Å². The van der Waals surface area contributed by atoms with Gasteiger partial charge in [0.05, 0.1) is 11.8 Å². The number of nitrogens with one attached hydrogen (secondary N) is 1. The molecular formula is C15H27N3O2. The highest BCUT2D eigenvalue weighted by molar-refractivity contribution is 5.20. The number of nitrogens with zero attached hydrogens (tertiary/aromatic N) is 2. The molecule has 2 heterocycles. The molecule has 2 rings (SSSR count). The van der Waals surface area contributed by atoms with Gasteiger partial charge in [-0.15, -0.1) is 0 Å². The van der Waals surface area contributed by atoms with Crippen LogP contribution in [0.3, 0.4) is 0 Å². The third-order valence-electron chi connectivity index (χ3n) is 4.21. The zero-order valence-corrected chi connectivity index (χ0v) is 12.9. The van der Waals surface area contributed by atoms with Crippen molar-refractivity contribution >= 4 is 0 Å². The summed E-state index contributed by atoms with van der Waals surface area (Å²) in [6.45, 7) is 10.5. The van der Waals surface area contributed by atoms with E-state index in [2.05, 4.69) is 22.3 Å². The van der Waals surface area contributed by atoms with E-state index in [0.29, 0.717) is 13.1 Å². The molecule has 0 aliphatic carbocycles. The minimum absolute atomic E-state index is 0.316. The number of rotatable bonds is 6. The lowest BCUT2D eigenvalue weighted by atomic mass is 9.99. The molecule has 1 unspecified atom stereocenters. The van der Waals surface area contributed by atoms with Gasteiger partial charge in [0, 0.05) is 25.2 Å². The number of aryl methyl sites for hydroxylation is 2. The third-order valence-corrected chi connectivity index (χ3v) is 4.21. The van der Waals surface area contributed by atoms with Crippen LogP contribution in [0.5, 0.6) is 0 Å². The van der Waals surface area contributed by atoms with E-state index in [1.54, 1.807) is 0 Å². The van der Waals surface area contributed by atoms with Crippen LogP contribution in [0.4, 0.5) is 0 Å². The maximum Gasteiger partial charge on any atom is 0.138 e. The number of β-amino-alcohol motifs (C(OH)–C–C–N with tert-alkyl or cyclic N) is 1. The summed E-state index contributed by atoms with van der Waals surface area (Å²) >= 11 is 0. The lowest BCUT2D eigenvalue weighted by Gasteiger charge is -2.31. The minimum Gasteiger partial charge on any atom is -0.390 e. The van der Waals surface area contributed by atoms with Gasteiger partial charge in [-0.25, -0.2) is 0 Å². The summed E-state index contributed by atoms with van der Waals surface area (Å²) in [6, 6.07) is 0. The first-order valence-corrected chi connectivity index (χ1v) is 7.59. The van der Waals surface area contributed by atoms with Crippen molar-refractivity contribution in [3.05, 3.63) is 17.0 Å². The predicted molar refractivity (Wildman–Crippen MR) is 78.5 cm³/mol. The van der Waals surface area contributed by atoms with Gasteiger partial charge in [0.1, 0.15) is 5.76 Å². The summed E-state index contributed by atoms with van der Waals surface area (Å²) in [5.74, 6) is 1.69. The van der Waals surface area contributed by atoms with Crippen molar-refractivity contribution in [2.75, 3.05) is 26.2 Å². The molecule has 1 fully saturated rings. The summed E-state index contributed by atoms with van der Waals surface area (Å²) in [5, 5.41) is 17.3. The zero-order chi connectivity index (χ0) is 14.5. The molecule has 1 atom stereocenters. The highest BCUT2D eigenvalue weighted by Gasteiger charge is 2.18. The summed E-state index contributed by atoms with van der Waals surface area (Å²) in [7, 11) is 0. The van der Waals surface area contributed by atoms with Crippen LogP contribution in [-0.4, -0.2) is 47.4 Å². The topological polar surface area (TPSA) is 61.5 Å². The van der Waals surface area contributed by atoms with Crippen LogP contribution in [0, 0.1) is 19.8 Å². The summed E-state index contributed by atoms with van der Waals surface area (Å²) in [6.07, 6.45) is 2.18. The zero-order valence-electron chi connectivity index (χ0n) is 12.9. The summed E-state index contributed by atoms with van der Waals surface area (Å²) in [4.78, 5) is 2.36. The Hall–Kier alpha value is -0.910. The Morgan fingerprint density at radius 1 is 1.40 bits per heavy atom. The van der Waals surface area contributed by atoms with Gasteiger partial charge in [-0.2, -0.15) is 0 Å². The molecular weight excluding hydrogens is 254 g/mol. The van der Waals surface area contributed by atoms with Crippen LogP contribution < -0.4 is 5.32 Å². The smallest absolute Gasteiger partial charge is 0.138 e.